The van der Waals surface area contributed by atoms with Gasteiger partial charge in [0.1, 0.15) is 0 Å². The first kappa shape index (κ1) is 24.1. The number of carboxylic acid groups (broad SMARTS) is 1. The maximum absolute atomic E-state index is 11.8. The summed E-state index contributed by atoms with van der Waals surface area (Å²) in [5.74, 6) is -1.26. The van der Waals surface area contributed by atoms with Gasteiger partial charge in [0, 0.05) is 11.5 Å². The molecule has 5 aromatic rings. The van der Waals surface area contributed by atoms with Crippen LogP contribution in [0.1, 0.15) is 54.1 Å². The fourth-order valence-corrected chi connectivity index (χ4v) is 4.63. The third-order valence-electron chi connectivity index (χ3n) is 6.36. The molecule has 0 bridgehead atoms. The van der Waals surface area contributed by atoms with Crippen LogP contribution in [-0.2, 0) is 0 Å². The van der Waals surface area contributed by atoms with Crippen molar-refractivity contribution >= 4 is 17.0 Å². The molecule has 0 spiro atoms. The van der Waals surface area contributed by atoms with Crippen molar-refractivity contribution in [1.82, 2.24) is 20.1 Å². The maximum Gasteiger partial charge on any atom is 0.439 e. The monoisotopic (exact) mass is 498 g/mol. The molecular formula is C28H26N4O5. The van der Waals surface area contributed by atoms with Crippen LogP contribution in [0.15, 0.2) is 70.0 Å². The van der Waals surface area contributed by atoms with Crippen LogP contribution in [-0.4, -0.2) is 37.8 Å². The highest BCUT2D eigenvalue weighted by Gasteiger charge is 2.22. The Labute approximate surface area is 212 Å². The molecule has 0 amide bonds. The fourth-order valence-electron chi connectivity index (χ4n) is 4.63. The number of imidazole rings is 1. The van der Waals surface area contributed by atoms with E-state index in [9.17, 15) is 14.7 Å². The molecule has 0 aliphatic heterocycles. The van der Waals surface area contributed by atoms with Crippen LogP contribution >= 0.6 is 0 Å². The lowest BCUT2D eigenvalue weighted by Crippen LogP contribution is -2.04. The third-order valence-corrected chi connectivity index (χ3v) is 6.36. The number of carboxylic acids is 1. The van der Waals surface area contributed by atoms with Crippen LogP contribution in [0, 0.1) is 0 Å². The first-order valence-electron chi connectivity index (χ1n) is 12.1. The summed E-state index contributed by atoms with van der Waals surface area (Å²) in [7, 11) is 0. The zero-order chi connectivity index (χ0) is 25.9. The second kappa shape index (κ2) is 10.1. The topological polar surface area (TPSA) is 134 Å². The summed E-state index contributed by atoms with van der Waals surface area (Å²) in [5, 5.41) is 13.5. The number of aromatic amines is 2. The van der Waals surface area contributed by atoms with Gasteiger partial charge in [-0.2, -0.15) is 4.98 Å². The van der Waals surface area contributed by atoms with Crippen molar-refractivity contribution < 1.29 is 19.2 Å². The second-order valence-electron chi connectivity index (χ2n) is 8.69. The van der Waals surface area contributed by atoms with E-state index in [1.54, 1.807) is 6.07 Å². The van der Waals surface area contributed by atoms with Crippen LogP contribution in [0.3, 0.4) is 0 Å². The number of benzene rings is 3. The number of ether oxygens (including phenoxy) is 1. The molecule has 3 N–H and O–H groups in total. The maximum atomic E-state index is 11.8. The molecule has 0 aliphatic carbocycles. The van der Waals surface area contributed by atoms with Gasteiger partial charge in [-0.3, -0.25) is 9.51 Å². The van der Waals surface area contributed by atoms with E-state index < -0.39 is 11.7 Å². The van der Waals surface area contributed by atoms with E-state index in [-0.39, 0.29) is 11.5 Å². The lowest BCUT2D eigenvalue weighted by molar-refractivity contribution is 0.0699. The smallest absolute Gasteiger partial charge is 0.439 e. The van der Waals surface area contributed by atoms with Crippen LogP contribution in [0.25, 0.3) is 33.5 Å². The van der Waals surface area contributed by atoms with E-state index in [2.05, 4.69) is 39.2 Å². The molecule has 3 aromatic carbocycles. The minimum absolute atomic E-state index is 0.0103. The Hall–Kier alpha value is -4.66. The summed E-state index contributed by atoms with van der Waals surface area (Å²) < 4.78 is 10.4. The van der Waals surface area contributed by atoms with Crippen LogP contribution in [0.4, 0.5) is 0 Å². The standard InChI is InChI=1S/C28H26N4O5/c1-3-15-36-27-29-23-20(13-14-22(26(33)34)24(23)30-27)18(4-2)16-9-11-17(12-10-16)19-7-5-6-8-21(19)25-31-28(35)37-32-25/h5-14,18H,3-4,15H2,1-2H3,(H,29,30)(H,33,34)(H,31,32,35). The number of nitrogens with one attached hydrogen (secondary N) is 2. The van der Waals surface area contributed by atoms with Gasteiger partial charge >= 0.3 is 11.7 Å². The average Bonchev–Trinajstić information content (AvgIpc) is 3.54. The Morgan fingerprint density at radius 3 is 2.43 bits per heavy atom. The van der Waals surface area contributed by atoms with Gasteiger partial charge in [-0.1, -0.05) is 73.6 Å². The van der Waals surface area contributed by atoms with Crippen molar-refractivity contribution in [2.45, 2.75) is 32.6 Å². The fraction of sp³-hybridized carbons (Fsp3) is 0.214. The molecule has 37 heavy (non-hydrogen) atoms. The predicted molar refractivity (Wildman–Crippen MR) is 139 cm³/mol. The number of carbonyl (C=O) groups is 1. The molecule has 9 heteroatoms. The number of aromatic nitrogens is 4. The van der Waals surface area contributed by atoms with Gasteiger partial charge < -0.3 is 14.8 Å². The van der Waals surface area contributed by atoms with Gasteiger partial charge in [0.2, 0.25) is 0 Å². The van der Waals surface area contributed by atoms with Crippen molar-refractivity contribution in [1.29, 1.82) is 0 Å². The van der Waals surface area contributed by atoms with Crippen LogP contribution in [0.5, 0.6) is 6.01 Å². The lowest BCUT2D eigenvalue weighted by Gasteiger charge is -2.18. The van der Waals surface area contributed by atoms with Gasteiger partial charge in [0.25, 0.3) is 6.01 Å². The Morgan fingerprint density at radius 1 is 1.03 bits per heavy atom. The Kier molecular flexibility index (Phi) is 6.59. The molecule has 9 nitrogen and oxygen atoms in total. The van der Waals surface area contributed by atoms with E-state index in [0.29, 0.717) is 29.5 Å². The Bertz CT molecular complexity index is 1610. The number of H-pyrrole nitrogens is 2. The molecule has 0 aliphatic rings. The van der Waals surface area contributed by atoms with Crippen molar-refractivity contribution in [3.63, 3.8) is 0 Å². The number of nitrogens with zero attached hydrogens (tertiary/aromatic N) is 2. The normalized spacial score (nSPS) is 12.1. The molecule has 1 unspecified atom stereocenters. The Morgan fingerprint density at radius 2 is 1.78 bits per heavy atom. The SMILES string of the molecule is CCCOc1nc2c(C(CC)c3ccc(-c4ccccc4-c4noc(=O)[nH]4)cc3)ccc(C(=O)O)c2[nH]1. The highest BCUT2D eigenvalue weighted by atomic mass is 16.5. The molecular weight excluding hydrogens is 472 g/mol. The number of rotatable bonds is 9. The van der Waals surface area contributed by atoms with Crippen molar-refractivity contribution in [2.75, 3.05) is 6.61 Å². The third kappa shape index (κ3) is 4.63. The van der Waals surface area contributed by atoms with E-state index in [1.807, 2.05) is 49.4 Å². The van der Waals surface area contributed by atoms with E-state index in [1.165, 1.54) is 0 Å². The van der Waals surface area contributed by atoms with Gasteiger partial charge in [0.15, 0.2) is 5.82 Å². The van der Waals surface area contributed by atoms with Gasteiger partial charge in [0.05, 0.1) is 23.2 Å². The Balaban J connectivity index is 1.54. The minimum Gasteiger partial charge on any atom is -0.478 e. The first-order valence-corrected chi connectivity index (χ1v) is 12.1. The van der Waals surface area contributed by atoms with Gasteiger partial charge in [-0.25, -0.2) is 9.59 Å². The first-order chi connectivity index (χ1) is 18.0. The summed E-state index contributed by atoms with van der Waals surface area (Å²) in [6.07, 6.45) is 1.60. The van der Waals surface area contributed by atoms with Crippen molar-refractivity contribution in [3.05, 3.63) is 87.9 Å². The molecule has 2 aromatic heterocycles. The van der Waals surface area contributed by atoms with Crippen molar-refractivity contribution in [2.24, 2.45) is 0 Å². The summed E-state index contributed by atoms with van der Waals surface area (Å²) in [6.45, 7) is 4.57. The molecule has 0 radical (unpaired) electrons. The molecule has 188 valence electrons. The summed E-state index contributed by atoms with van der Waals surface area (Å²) >= 11 is 0. The van der Waals surface area contributed by atoms with Crippen LogP contribution < -0.4 is 10.5 Å². The highest BCUT2D eigenvalue weighted by molar-refractivity contribution is 6.02. The number of hydrogen-bond acceptors (Lipinski definition) is 6. The molecule has 0 saturated carbocycles. The van der Waals surface area contributed by atoms with Gasteiger partial charge in [-0.15, -0.1) is 0 Å². The van der Waals surface area contributed by atoms with E-state index in [0.717, 1.165) is 40.7 Å². The van der Waals surface area contributed by atoms with Gasteiger partial charge in [-0.05, 0) is 41.2 Å². The molecule has 0 saturated heterocycles. The number of hydrogen-bond donors (Lipinski definition) is 3. The summed E-state index contributed by atoms with van der Waals surface area (Å²) in [5.41, 5.74) is 5.84. The lowest BCUT2D eigenvalue weighted by atomic mass is 9.86. The molecule has 0 fully saturated rings. The summed E-state index contributed by atoms with van der Waals surface area (Å²) in [6, 6.07) is 19.6. The minimum atomic E-state index is -1.02. The van der Waals surface area contributed by atoms with Crippen LogP contribution in [0.2, 0.25) is 0 Å². The average molecular weight is 499 g/mol. The molecule has 2 heterocycles. The van der Waals surface area contributed by atoms with E-state index >= 15 is 0 Å². The number of aromatic carboxylic acids is 1. The van der Waals surface area contributed by atoms with E-state index in [4.69, 9.17) is 9.26 Å². The summed E-state index contributed by atoms with van der Waals surface area (Å²) in [4.78, 5) is 33.6. The quantitative estimate of drug-likeness (QED) is 0.241. The number of fused-ring (bicyclic) bond motifs is 1. The predicted octanol–water partition coefficient (Wildman–Crippen LogP) is 5.60. The van der Waals surface area contributed by atoms with Crippen molar-refractivity contribution in [3.8, 4) is 28.5 Å². The second-order valence-corrected chi connectivity index (χ2v) is 8.69. The zero-order valence-corrected chi connectivity index (χ0v) is 20.4. The zero-order valence-electron chi connectivity index (χ0n) is 20.4. The highest BCUT2D eigenvalue weighted by Crippen LogP contribution is 2.36. The molecule has 5 rings (SSSR count). The largest absolute Gasteiger partial charge is 0.478 e. The molecule has 1 atom stereocenters.